The lowest BCUT2D eigenvalue weighted by molar-refractivity contribution is -0.153. The van der Waals surface area contributed by atoms with Gasteiger partial charge in [0.1, 0.15) is 11.9 Å². The third kappa shape index (κ3) is 6.61. The van der Waals surface area contributed by atoms with Gasteiger partial charge in [0.2, 0.25) is 0 Å². The van der Waals surface area contributed by atoms with Crippen LogP contribution in [-0.4, -0.2) is 39.7 Å². The van der Waals surface area contributed by atoms with E-state index in [0.717, 1.165) is 40.1 Å². The number of benzene rings is 1. The Labute approximate surface area is 218 Å². The van der Waals surface area contributed by atoms with Gasteiger partial charge in [-0.3, -0.25) is 9.59 Å². The van der Waals surface area contributed by atoms with Gasteiger partial charge in [-0.15, -0.1) is 11.3 Å². The quantitative estimate of drug-likeness (QED) is 0.380. The maximum atomic E-state index is 13.4. The first-order chi connectivity index (χ1) is 16.9. The summed E-state index contributed by atoms with van der Waals surface area (Å²) in [7, 11) is 0. The standard InChI is InChI=1S/C29H41NO5S/c1-17-8-7-9-18(2)27(33)19(3)28(34)29(5,6)22(16-31)15-26(32)35-24(13-10-17)21-11-12-23-25(14-21)36-20(4)30-23/h10-12,14,18-19,22,24,27,31,33H,7-9,13,15-16H2,1-6H3/b17-10-/t18-,19+,22?,24-,27-/m0/s1. The number of esters is 1. The number of carbonyl (C=O) groups is 2. The highest BCUT2D eigenvalue weighted by atomic mass is 32.1. The fourth-order valence-electron chi connectivity index (χ4n) is 5.18. The van der Waals surface area contributed by atoms with E-state index in [1.807, 2.05) is 32.0 Å². The van der Waals surface area contributed by atoms with Gasteiger partial charge in [-0.25, -0.2) is 4.98 Å². The van der Waals surface area contributed by atoms with Crippen LogP contribution < -0.4 is 0 Å². The number of carbonyl (C=O) groups excluding carboxylic acids is 2. The lowest BCUT2D eigenvalue weighted by Gasteiger charge is -2.36. The molecule has 1 aromatic heterocycles. The highest BCUT2D eigenvalue weighted by Crippen LogP contribution is 2.37. The molecule has 36 heavy (non-hydrogen) atoms. The topological polar surface area (TPSA) is 96.7 Å². The molecule has 6 nitrogen and oxygen atoms in total. The van der Waals surface area contributed by atoms with Crippen molar-refractivity contribution in [1.29, 1.82) is 0 Å². The molecule has 198 valence electrons. The summed E-state index contributed by atoms with van der Waals surface area (Å²) in [6, 6.07) is 5.97. The van der Waals surface area contributed by atoms with Crippen LogP contribution in [-0.2, 0) is 14.3 Å². The van der Waals surface area contributed by atoms with Crippen molar-refractivity contribution < 1.29 is 24.5 Å². The molecule has 2 heterocycles. The smallest absolute Gasteiger partial charge is 0.306 e. The van der Waals surface area contributed by atoms with Gasteiger partial charge in [-0.1, -0.05) is 45.4 Å². The number of ether oxygens (including phenoxy) is 1. The van der Waals surface area contributed by atoms with Gasteiger partial charge in [0.05, 0.1) is 27.7 Å². The predicted molar refractivity (Wildman–Crippen MR) is 144 cm³/mol. The van der Waals surface area contributed by atoms with Crippen LogP contribution in [0, 0.1) is 30.1 Å². The molecule has 3 rings (SSSR count). The van der Waals surface area contributed by atoms with Crippen LogP contribution >= 0.6 is 11.3 Å². The van der Waals surface area contributed by atoms with E-state index in [9.17, 15) is 19.8 Å². The molecule has 1 aromatic carbocycles. The van der Waals surface area contributed by atoms with E-state index < -0.39 is 35.4 Å². The molecular formula is C29H41NO5S. The first-order valence-corrected chi connectivity index (χ1v) is 13.8. The van der Waals surface area contributed by atoms with E-state index in [0.29, 0.717) is 6.42 Å². The van der Waals surface area contributed by atoms with Crippen molar-refractivity contribution in [1.82, 2.24) is 4.98 Å². The number of aryl methyl sites for hydroxylation is 1. The molecule has 0 saturated heterocycles. The van der Waals surface area contributed by atoms with E-state index in [4.69, 9.17) is 4.74 Å². The van der Waals surface area contributed by atoms with Crippen molar-refractivity contribution in [2.24, 2.45) is 23.2 Å². The third-order valence-corrected chi connectivity index (χ3v) is 8.81. The fraction of sp³-hybridized carbons (Fsp3) is 0.621. The van der Waals surface area contributed by atoms with Crippen molar-refractivity contribution in [3.63, 3.8) is 0 Å². The zero-order valence-electron chi connectivity index (χ0n) is 22.4. The van der Waals surface area contributed by atoms with Crippen molar-refractivity contribution in [2.75, 3.05) is 6.61 Å². The van der Waals surface area contributed by atoms with Crippen LogP contribution in [0.15, 0.2) is 29.8 Å². The number of allylic oxidation sites excluding steroid dienone is 1. The summed E-state index contributed by atoms with van der Waals surface area (Å²) >= 11 is 1.61. The minimum atomic E-state index is -0.990. The molecule has 0 spiro atoms. The predicted octanol–water partition coefficient (Wildman–Crippen LogP) is 5.94. The summed E-state index contributed by atoms with van der Waals surface area (Å²) in [4.78, 5) is 31.1. The molecule has 2 N–H and O–H groups in total. The van der Waals surface area contributed by atoms with E-state index in [1.54, 1.807) is 32.1 Å². The van der Waals surface area contributed by atoms with Gasteiger partial charge in [0.25, 0.3) is 0 Å². The number of nitrogens with zero attached hydrogens (tertiary/aromatic N) is 1. The average molecular weight is 516 g/mol. The molecule has 1 aliphatic heterocycles. The maximum Gasteiger partial charge on any atom is 0.306 e. The maximum absolute atomic E-state index is 13.4. The number of hydrogen-bond acceptors (Lipinski definition) is 7. The van der Waals surface area contributed by atoms with Gasteiger partial charge >= 0.3 is 5.97 Å². The number of aromatic nitrogens is 1. The number of rotatable bonds is 2. The van der Waals surface area contributed by atoms with E-state index in [-0.39, 0.29) is 24.7 Å². The van der Waals surface area contributed by atoms with E-state index >= 15 is 0 Å². The Morgan fingerprint density at radius 3 is 2.61 bits per heavy atom. The number of fused-ring (bicyclic) bond motifs is 1. The Morgan fingerprint density at radius 2 is 1.92 bits per heavy atom. The van der Waals surface area contributed by atoms with Crippen LogP contribution in [0.4, 0.5) is 0 Å². The zero-order valence-corrected chi connectivity index (χ0v) is 23.2. The van der Waals surface area contributed by atoms with Crippen LogP contribution in [0.3, 0.4) is 0 Å². The van der Waals surface area contributed by atoms with Crippen molar-refractivity contribution in [3.8, 4) is 0 Å². The molecule has 0 bridgehead atoms. The molecule has 0 saturated carbocycles. The summed E-state index contributed by atoms with van der Waals surface area (Å²) in [5.74, 6) is -1.81. The summed E-state index contributed by atoms with van der Waals surface area (Å²) in [5, 5.41) is 22.0. The van der Waals surface area contributed by atoms with Gasteiger partial charge in [0, 0.05) is 30.3 Å². The second kappa shape index (κ2) is 12.0. The number of aliphatic hydroxyl groups is 2. The number of thiazole rings is 1. The molecule has 0 fully saturated rings. The van der Waals surface area contributed by atoms with Gasteiger partial charge < -0.3 is 14.9 Å². The van der Waals surface area contributed by atoms with Crippen LogP contribution in [0.25, 0.3) is 10.2 Å². The lowest BCUT2D eigenvalue weighted by Crippen LogP contribution is -2.44. The molecule has 7 heteroatoms. The highest BCUT2D eigenvalue weighted by molar-refractivity contribution is 7.18. The third-order valence-electron chi connectivity index (χ3n) is 7.87. The monoisotopic (exact) mass is 515 g/mol. The lowest BCUT2D eigenvalue weighted by atomic mass is 9.69. The highest BCUT2D eigenvalue weighted by Gasteiger charge is 2.42. The second-order valence-electron chi connectivity index (χ2n) is 11.0. The SMILES string of the molecule is C/C1=C/C[C@@H](c2ccc3nc(C)sc3c2)OC(=O)CC(CO)C(C)(C)C(=O)[C@H](C)[C@@H](O)[C@@H](C)CCC1. The molecule has 0 aliphatic carbocycles. The number of Topliss-reactive ketones (excluding diaryl/α,β-unsaturated/α-hetero) is 1. The first-order valence-electron chi connectivity index (χ1n) is 13.0. The average Bonchev–Trinajstić information content (AvgIpc) is 3.21. The second-order valence-corrected chi connectivity index (χ2v) is 12.3. The van der Waals surface area contributed by atoms with Gasteiger partial charge in [0.15, 0.2) is 0 Å². The number of ketones is 1. The first kappa shape index (κ1) is 28.5. The minimum absolute atomic E-state index is 0.0275. The molecule has 0 amide bonds. The Morgan fingerprint density at radius 1 is 1.19 bits per heavy atom. The summed E-state index contributed by atoms with van der Waals surface area (Å²) < 4.78 is 7.05. The van der Waals surface area contributed by atoms with Crippen molar-refractivity contribution in [3.05, 3.63) is 40.4 Å². The Hall–Kier alpha value is -2.09. The summed E-state index contributed by atoms with van der Waals surface area (Å²) in [6.07, 6.45) is 3.96. The van der Waals surface area contributed by atoms with Gasteiger partial charge in [-0.05, 0) is 56.7 Å². The number of hydrogen-bond donors (Lipinski definition) is 2. The molecule has 1 aliphatic rings. The number of cyclic esters (lactones) is 1. The van der Waals surface area contributed by atoms with Crippen molar-refractivity contribution in [2.45, 2.75) is 85.9 Å². The largest absolute Gasteiger partial charge is 0.457 e. The Bertz CT molecular complexity index is 1100. The molecular weight excluding hydrogens is 474 g/mol. The Kier molecular flexibility index (Phi) is 9.47. The van der Waals surface area contributed by atoms with Gasteiger partial charge in [-0.2, -0.15) is 0 Å². The molecule has 2 aromatic rings. The fourth-order valence-corrected chi connectivity index (χ4v) is 6.06. The normalized spacial score (nSPS) is 30.6. The number of aliphatic hydroxyl groups excluding tert-OH is 2. The van der Waals surface area contributed by atoms with Crippen molar-refractivity contribution >= 4 is 33.3 Å². The molecule has 1 unspecified atom stereocenters. The van der Waals surface area contributed by atoms with E-state index in [1.165, 1.54) is 5.57 Å². The van der Waals surface area contributed by atoms with Crippen LogP contribution in [0.1, 0.15) is 83.4 Å². The van der Waals surface area contributed by atoms with Crippen LogP contribution in [0.5, 0.6) is 0 Å². The zero-order chi connectivity index (χ0) is 26.6. The summed E-state index contributed by atoms with van der Waals surface area (Å²) in [6.45, 7) is 11.0. The summed E-state index contributed by atoms with van der Waals surface area (Å²) in [5.41, 5.74) is 2.05. The van der Waals surface area contributed by atoms with E-state index in [2.05, 4.69) is 18.0 Å². The molecule has 5 atom stereocenters. The molecule has 0 radical (unpaired) electrons. The van der Waals surface area contributed by atoms with Crippen LogP contribution in [0.2, 0.25) is 0 Å². The minimum Gasteiger partial charge on any atom is -0.457 e. The Balaban J connectivity index is 1.94.